The highest BCUT2D eigenvalue weighted by Gasteiger charge is 2.03. The van der Waals surface area contributed by atoms with Crippen molar-refractivity contribution < 1.29 is 4.79 Å². The van der Waals surface area contributed by atoms with Crippen LogP contribution in [0.15, 0.2) is 53.0 Å². The van der Waals surface area contributed by atoms with Crippen LogP contribution in [0.5, 0.6) is 0 Å². The van der Waals surface area contributed by atoms with E-state index in [0.717, 1.165) is 19.3 Å². The third-order valence-electron chi connectivity index (χ3n) is 2.41. The first kappa shape index (κ1) is 13.5. The summed E-state index contributed by atoms with van der Waals surface area (Å²) in [5.41, 5.74) is 1.83. The Morgan fingerprint density at radius 3 is 2.28 bits per heavy atom. The van der Waals surface area contributed by atoms with E-state index in [1.54, 1.807) is 0 Å². The number of halogens is 2. The number of carbonyl (C=O) groups excluding carboxylic acids is 1. The second-order valence-electron chi connectivity index (χ2n) is 3.86. The standard InChI is InChI=1S/C14H11BrINO/c15-11-3-1-10(2-4-11)9-14(18)17-13-7-5-12(16)6-8-13/h1-8H,9H2,(H,17,18). The molecule has 1 N–H and O–H groups in total. The van der Waals surface area contributed by atoms with E-state index in [0.29, 0.717) is 6.42 Å². The summed E-state index contributed by atoms with van der Waals surface area (Å²) in [7, 11) is 0. The zero-order valence-corrected chi connectivity index (χ0v) is 13.2. The minimum Gasteiger partial charge on any atom is -0.326 e. The van der Waals surface area contributed by atoms with Gasteiger partial charge >= 0.3 is 0 Å². The predicted octanol–water partition coefficient (Wildman–Crippen LogP) is 4.23. The number of benzene rings is 2. The molecule has 0 aliphatic rings. The summed E-state index contributed by atoms with van der Waals surface area (Å²) in [6, 6.07) is 15.5. The van der Waals surface area contributed by atoms with Gasteiger partial charge in [0.05, 0.1) is 6.42 Å². The number of nitrogens with one attached hydrogen (secondary N) is 1. The maximum Gasteiger partial charge on any atom is 0.228 e. The molecule has 0 aliphatic carbocycles. The summed E-state index contributed by atoms with van der Waals surface area (Å²) in [4.78, 5) is 11.8. The van der Waals surface area contributed by atoms with Gasteiger partial charge in [-0.15, -0.1) is 0 Å². The molecule has 2 nitrogen and oxygen atoms in total. The van der Waals surface area contributed by atoms with Crippen LogP contribution in [-0.2, 0) is 11.2 Å². The van der Waals surface area contributed by atoms with Gasteiger partial charge in [-0.1, -0.05) is 28.1 Å². The fraction of sp³-hybridized carbons (Fsp3) is 0.0714. The van der Waals surface area contributed by atoms with Crippen LogP contribution in [-0.4, -0.2) is 5.91 Å². The molecule has 2 rings (SSSR count). The number of carbonyl (C=O) groups is 1. The largest absolute Gasteiger partial charge is 0.326 e. The quantitative estimate of drug-likeness (QED) is 0.746. The van der Waals surface area contributed by atoms with Crippen molar-refractivity contribution >= 4 is 50.1 Å². The van der Waals surface area contributed by atoms with Crippen LogP contribution in [0.1, 0.15) is 5.56 Å². The van der Waals surface area contributed by atoms with Gasteiger partial charge in [-0.25, -0.2) is 0 Å². The summed E-state index contributed by atoms with van der Waals surface area (Å²) in [6.45, 7) is 0. The summed E-state index contributed by atoms with van der Waals surface area (Å²) in [5.74, 6) is -0.00136. The normalized spacial score (nSPS) is 10.1. The van der Waals surface area contributed by atoms with Gasteiger partial charge in [0.15, 0.2) is 0 Å². The molecule has 0 radical (unpaired) electrons. The average Bonchev–Trinajstić information content (AvgIpc) is 2.35. The zero-order valence-electron chi connectivity index (χ0n) is 9.49. The van der Waals surface area contributed by atoms with Gasteiger partial charge in [0.25, 0.3) is 0 Å². The summed E-state index contributed by atoms with van der Waals surface area (Å²) >= 11 is 5.61. The molecule has 2 aromatic carbocycles. The molecule has 0 aliphatic heterocycles. The highest BCUT2D eigenvalue weighted by atomic mass is 127. The first-order valence-electron chi connectivity index (χ1n) is 5.43. The third kappa shape index (κ3) is 4.10. The fourth-order valence-corrected chi connectivity index (χ4v) is 2.15. The third-order valence-corrected chi connectivity index (χ3v) is 3.65. The van der Waals surface area contributed by atoms with Gasteiger partial charge in [-0.3, -0.25) is 4.79 Å². The monoisotopic (exact) mass is 415 g/mol. The Morgan fingerprint density at radius 1 is 1.06 bits per heavy atom. The first-order valence-corrected chi connectivity index (χ1v) is 7.30. The summed E-state index contributed by atoms with van der Waals surface area (Å²) in [5, 5.41) is 2.88. The lowest BCUT2D eigenvalue weighted by atomic mass is 10.1. The van der Waals surface area contributed by atoms with Crippen LogP contribution >= 0.6 is 38.5 Å². The van der Waals surface area contributed by atoms with Crippen LogP contribution < -0.4 is 5.32 Å². The van der Waals surface area contributed by atoms with E-state index in [4.69, 9.17) is 0 Å². The van der Waals surface area contributed by atoms with Crippen molar-refractivity contribution in [2.45, 2.75) is 6.42 Å². The molecule has 0 atom stereocenters. The van der Waals surface area contributed by atoms with Crippen molar-refractivity contribution in [2.75, 3.05) is 5.32 Å². The molecule has 0 saturated heterocycles. The SMILES string of the molecule is O=C(Cc1ccc(Br)cc1)Nc1ccc(I)cc1. The minimum atomic E-state index is -0.00136. The Bertz CT molecular complexity index is 487. The summed E-state index contributed by atoms with van der Waals surface area (Å²) in [6.07, 6.45) is 0.388. The molecule has 0 saturated carbocycles. The molecule has 0 heterocycles. The fourth-order valence-electron chi connectivity index (χ4n) is 1.53. The molecule has 0 spiro atoms. The van der Waals surface area contributed by atoms with Crippen LogP contribution in [0.25, 0.3) is 0 Å². The maximum absolute atomic E-state index is 11.8. The Labute approximate surface area is 128 Å². The number of hydrogen-bond acceptors (Lipinski definition) is 1. The Hall–Kier alpha value is -0.880. The zero-order chi connectivity index (χ0) is 13.0. The smallest absolute Gasteiger partial charge is 0.228 e. The molecule has 2 aromatic rings. The average molecular weight is 416 g/mol. The van der Waals surface area contributed by atoms with Crippen LogP contribution in [0, 0.1) is 3.57 Å². The van der Waals surface area contributed by atoms with Crippen LogP contribution in [0.4, 0.5) is 5.69 Å². The molecular formula is C14H11BrINO. The summed E-state index contributed by atoms with van der Waals surface area (Å²) < 4.78 is 2.17. The second kappa shape index (κ2) is 6.33. The van der Waals surface area contributed by atoms with Crippen molar-refractivity contribution in [1.29, 1.82) is 0 Å². The molecular weight excluding hydrogens is 405 g/mol. The van der Waals surface area contributed by atoms with E-state index in [9.17, 15) is 4.79 Å². The second-order valence-corrected chi connectivity index (χ2v) is 6.02. The van der Waals surface area contributed by atoms with Crippen LogP contribution in [0.2, 0.25) is 0 Å². The molecule has 0 bridgehead atoms. The topological polar surface area (TPSA) is 29.1 Å². The molecule has 0 aromatic heterocycles. The molecule has 18 heavy (non-hydrogen) atoms. The highest BCUT2D eigenvalue weighted by molar-refractivity contribution is 14.1. The van der Waals surface area contributed by atoms with Crippen molar-refractivity contribution in [1.82, 2.24) is 0 Å². The van der Waals surface area contributed by atoms with E-state index < -0.39 is 0 Å². The Kier molecular flexibility index (Phi) is 4.77. The van der Waals surface area contributed by atoms with E-state index in [2.05, 4.69) is 43.8 Å². The number of hydrogen-bond donors (Lipinski definition) is 1. The van der Waals surface area contributed by atoms with Gasteiger partial charge in [0.2, 0.25) is 5.91 Å². The van der Waals surface area contributed by atoms with E-state index in [1.807, 2.05) is 48.5 Å². The maximum atomic E-state index is 11.8. The molecule has 0 fully saturated rings. The van der Waals surface area contributed by atoms with Gasteiger partial charge < -0.3 is 5.32 Å². The molecule has 4 heteroatoms. The van der Waals surface area contributed by atoms with E-state index in [-0.39, 0.29) is 5.91 Å². The van der Waals surface area contributed by atoms with Gasteiger partial charge in [-0.2, -0.15) is 0 Å². The predicted molar refractivity (Wildman–Crippen MR) is 85.6 cm³/mol. The lowest BCUT2D eigenvalue weighted by Crippen LogP contribution is -2.14. The number of rotatable bonds is 3. The van der Waals surface area contributed by atoms with Gasteiger partial charge in [-0.05, 0) is 64.6 Å². The van der Waals surface area contributed by atoms with E-state index in [1.165, 1.54) is 0 Å². The lowest BCUT2D eigenvalue weighted by molar-refractivity contribution is -0.115. The first-order chi connectivity index (χ1) is 8.63. The highest BCUT2D eigenvalue weighted by Crippen LogP contribution is 2.13. The Balaban J connectivity index is 1.96. The van der Waals surface area contributed by atoms with Crippen molar-refractivity contribution in [3.63, 3.8) is 0 Å². The van der Waals surface area contributed by atoms with Crippen molar-refractivity contribution in [2.24, 2.45) is 0 Å². The number of anilines is 1. The minimum absolute atomic E-state index is 0.00136. The lowest BCUT2D eigenvalue weighted by Gasteiger charge is -2.05. The van der Waals surface area contributed by atoms with Crippen molar-refractivity contribution in [3.8, 4) is 0 Å². The van der Waals surface area contributed by atoms with Crippen molar-refractivity contribution in [3.05, 3.63) is 62.1 Å². The molecule has 92 valence electrons. The van der Waals surface area contributed by atoms with Crippen LogP contribution in [0.3, 0.4) is 0 Å². The van der Waals surface area contributed by atoms with Gasteiger partial charge in [0, 0.05) is 13.7 Å². The molecule has 1 amide bonds. The Morgan fingerprint density at radius 2 is 1.67 bits per heavy atom. The number of amides is 1. The van der Waals surface area contributed by atoms with Gasteiger partial charge in [0.1, 0.15) is 0 Å². The van der Waals surface area contributed by atoms with E-state index >= 15 is 0 Å². The molecule has 0 unspecified atom stereocenters.